The Morgan fingerprint density at radius 3 is 1.94 bits per heavy atom. The van der Waals surface area contributed by atoms with Crippen LogP contribution in [0.3, 0.4) is 0 Å². The smallest absolute Gasteiger partial charge is 0.342 e. The zero-order chi connectivity index (χ0) is 24.9. The minimum absolute atomic E-state index is 0.124. The lowest BCUT2D eigenvalue weighted by Crippen LogP contribution is -2.22. The molecular weight excluding hydrogens is 440 g/mol. The summed E-state index contributed by atoms with van der Waals surface area (Å²) in [7, 11) is 0. The highest BCUT2D eigenvalue weighted by Gasteiger charge is 2.13. The summed E-state index contributed by atoms with van der Waals surface area (Å²) in [6.45, 7) is 10.2. The van der Waals surface area contributed by atoms with Gasteiger partial charge < -0.3 is 29.6 Å². The van der Waals surface area contributed by atoms with Gasteiger partial charge in [0.15, 0.2) is 0 Å². The Morgan fingerprint density at radius 1 is 0.735 bits per heavy atom. The highest BCUT2D eigenvalue weighted by Crippen LogP contribution is 2.19. The first-order chi connectivity index (χ1) is 16.6. The van der Waals surface area contributed by atoms with E-state index in [1.54, 1.807) is 24.3 Å². The molecule has 0 aromatic heterocycles. The van der Waals surface area contributed by atoms with E-state index in [-0.39, 0.29) is 25.0 Å². The third kappa shape index (κ3) is 14.1. The van der Waals surface area contributed by atoms with E-state index >= 15 is 0 Å². The van der Waals surface area contributed by atoms with Crippen LogP contribution in [0.1, 0.15) is 36.0 Å². The first kappa shape index (κ1) is 28.9. The molecule has 0 radical (unpaired) electrons. The molecule has 0 spiro atoms. The predicted molar refractivity (Wildman–Crippen MR) is 129 cm³/mol. The summed E-state index contributed by atoms with van der Waals surface area (Å²) in [5.74, 6) is -0.388. The number of para-hydroxylation sites is 1. The topological polar surface area (TPSA) is 112 Å². The normalized spacial score (nSPS) is 10.2. The second kappa shape index (κ2) is 19.3. The summed E-state index contributed by atoms with van der Waals surface area (Å²) in [5.41, 5.74) is 0.357. The maximum absolute atomic E-state index is 12.4. The molecule has 2 amide bonds. The SMILES string of the molecule is C=CC(=O)NCCCCOCCOCCOC(=O)c1ccccc1OCCCCNC(=O)C=C. The molecule has 188 valence electrons. The van der Waals surface area contributed by atoms with E-state index in [4.69, 9.17) is 18.9 Å². The van der Waals surface area contributed by atoms with E-state index in [1.807, 2.05) is 0 Å². The van der Waals surface area contributed by atoms with Crippen molar-refractivity contribution in [1.82, 2.24) is 10.6 Å². The van der Waals surface area contributed by atoms with Crippen LogP contribution in [-0.4, -0.2) is 70.5 Å². The second-order valence-electron chi connectivity index (χ2n) is 7.11. The lowest BCUT2D eigenvalue weighted by atomic mass is 10.2. The number of amides is 2. The molecule has 0 unspecified atom stereocenters. The Kier molecular flexibility index (Phi) is 16.4. The highest BCUT2D eigenvalue weighted by atomic mass is 16.6. The molecular formula is C25H36N2O7. The van der Waals surface area contributed by atoms with Crippen LogP contribution in [0.5, 0.6) is 5.75 Å². The maximum Gasteiger partial charge on any atom is 0.342 e. The molecule has 0 aliphatic carbocycles. The van der Waals surface area contributed by atoms with Crippen LogP contribution in [-0.2, 0) is 23.8 Å². The molecule has 9 heteroatoms. The van der Waals surface area contributed by atoms with Gasteiger partial charge in [-0.25, -0.2) is 4.79 Å². The van der Waals surface area contributed by atoms with Crippen LogP contribution in [0, 0.1) is 0 Å². The van der Waals surface area contributed by atoms with Gasteiger partial charge in [-0.15, -0.1) is 0 Å². The average Bonchev–Trinajstić information content (AvgIpc) is 2.86. The van der Waals surface area contributed by atoms with Crippen LogP contribution in [0.2, 0.25) is 0 Å². The Morgan fingerprint density at radius 2 is 1.29 bits per heavy atom. The standard InChI is InChI=1S/C25H36N2O7/c1-3-23(28)26-13-7-9-15-31-17-18-32-19-20-34-25(30)21-11-5-6-12-22(21)33-16-10-8-14-27-24(29)4-2/h3-6,11-12H,1-2,7-10,13-20H2,(H,26,28)(H,27,29). The Labute approximate surface area is 201 Å². The number of carbonyl (C=O) groups is 3. The third-order valence-electron chi connectivity index (χ3n) is 4.45. The van der Waals surface area contributed by atoms with Crippen molar-refractivity contribution in [3.8, 4) is 5.75 Å². The molecule has 0 aliphatic heterocycles. The second-order valence-corrected chi connectivity index (χ2v) is 7.11. The number of rotatable bonds is 20. The van der Waals surface area contributed by atoms with Gasteiger partial charge in [0.05, 0.1) is 26.4 Å². The van der Waals surface area contributed by atoms with E-state index in [2.05, 4.69) is 23.8 Å². The van der Waals surface area contributed by atoms with Crippen molar-refractivity contribution in [3.63, 3.8) is 0 Å². The summed E-state index contributed by atoms with van der Waals surface area (Å²) >= 11 is 0. The van der Waals surface area contributed by atoms with Crippen molar-refractivity contribution in [2.24, 2.45) is 0 Å². The number of nitrogens with one attached hydrogen (secondary N) is 2. The van der Waals surface area contributed by atoms with Crippen molar-refractivity contribution in [2.75, 3.05) is 52.7 Å². The van der Waals surface area contributed by atoms with E-state index in [1.165, 1.54) is 12.2 Å². The molecule has 9 nitrogen and oxygen atoms in total. The molecule has 1 aromatic carbocycles. The van der Waals surface area contributed by atoms with Crippen LogP contribution in [0.15, 0.2) is 49.6 Å². The van der Waals surface area contributed by atoms with Crippen LogP contribution in [0.4, 0.5) is 0 Å². The number of unbranched alkanes of at least 4 members (excludes halogenated alkanes) is 2. The molecule has 1 rings (SSSR count). The summed E-state index contributed by atoms with van der Waals surface area (Å²) in [6.07, 6.45) is 5.62. The molecule has 34 heavy (non-hydrogen) atoms. The average molecular weight is 477 g/mol. The van der Waals surface area contributed by atoms with Gasteiger partial charge in [0.1, 0.15) is 17.9 Å². The lowest BCUT2D eigenvalue weighted by molar-refractivity contribution is -0.117. The number of carbonyl (C=O) groups excluding carboxylic acids is 3. The van der Waals surface area contributed by atoms with Gasteiger partial charge in [0, 0.05) is 19.7 Å². The first-order valence-corrected chi connectivity index (χ1v) is 11.4. The van der Waals surface area contributed by atoms with Gasteiger partial charge in [-0.3, -0.25) is 9.59 Å². The van der Waals surface area contributed by atoms with E-state index in [9.17, 15) is 14.4 Å². The number of benzene rings is 1. The van der Waals surface area contributed by atoms with Crippen LogP contribution in [0.25, 0.3) is 0 Å². The van der Waals surface area contributed by atoms with Crippen LogP contribution < -0.4 is 15.4 Å². The fourth-order valence-corrected chi connectivity index (χ4v) is 2.66. The molecule has 0 bridgehead atoms. The van der Waals surface area contributed by atoms with Gasteiger partial charge >= 0.3 is 5.97 Å². The maximum atomic E-state index is 12.4. The summed E-state index contributed by atoms with van der Waals surface area (Å²) in [4.78, 5) is 34.4. The molecule has 0 saturated heterocycles. The molecule has 0 heterocycles. The third-order valence-corrected chi connectivity index (χ3v) is 4.45. The predicted octanol–water partition coefficient (Wildman–Crippen LogP) is 2.42. The summed E-state index contributed by atoms with van der Waals surface area (Å²) in [5, 5.41) is 5.40. The van der Waals surface area contributed by atoms with Crippen molar-refractivity contribution in [2.45, 2.75) is 25.7 Å². The lowest BCUT2D eigenvalue weighted by Gasteiger charge is -2.11. The molecule has 0 saturated carbocycles. The van der Waals surface area contributed by atoms with E-state index in [0.29, 0.717) is 50.8 Å². The molecule has 0 atom stereocenters. The van der Waals surface area contributed by atoms with Gasteiger partial charge in [-0.1, -0.05) is 25.3 Å². The fraction of sp³-hybridized carbons (Fsp3) is 0.480. The van der Waals surface area contributed by atoms with Crippen molar-refractivity contribution in [3.05, 3.63) is 55.1 Å². The minimum Gasteiger partial charge on any atom is -0.493 e. The van der Waals surface area contributed by atoms with Gasteiger partial charge in [0.2, 0.25) is 11.8 Å². The number of ether oxygens (including phenoxy) is 4. The number of hydrogen-bond donors (Lipinski definition) is 2. The largest absolute Gasteiger partial charge is 0.493 e. The van der Waals surface area contributed by atoms with Crippen LogP contribution >= 0.6 is 0 Å². The monoisotopic (exact) mass is 476 g/mol. The van der Waals surface area contributed by atoms with Gasteiger partial charge in [0.25, 0.3) is 0 Å². The van der Waals surface area contributed by atoms with E-state index in [0.717, 1.165) is 25.7 Å². The molecule has 2 N–H and O–H groups in total. The summed E-state index contributed by atoms with van der Waals surface area (Å²) < 4.78 is 21.8. The fourth-order valence-electron chi connectivity index (χ4n) is 2.66. The van der Waals surface area contributed by atoms with Crippen molar-refractivity contribution in [1.29, 1.82) is 0 Å². The minimum atomic E-state index is -0.475. The first-order valence-electron chi connectivity index (χ1n) is 11.4. The number of esters is 1. The van der Waals surface area contributed by atoms with Crippen molar-refractivity contribution >= 4 is 17.8 Å². The Bertz CT molecular complexity index is 767. The number of hydrogen-bond acceptors (Lipinski definition) is 7. The van der Waals surface area contributed by atoms with Gasteiger partial charge in [-0.05, 0) is 50.0 Å². The Hall–Kier alpha value is -3.17. The quantitative estimate of drug-likeness (QED) is 0.169. The summed E-state index contributed by atoms with van der Waals surface area (Å²) in [6, 6.07) is 6.91. The zero-order valence-corrected chi connectivity index (χ0v) is 19.7. The highest BCUT2D eigenvalue weighted by molar-refractivity contribution is 5.92. The zero-order valence-electron chi connectivity index (χ0n) is 19.7. The van der Waals surface area contributed by atoms with Crippen molar-refractivity contribution < 1.29 is 33.3 Å². The molecule has 1 aromatic rings. The molecule has 0 aliphatic rings. The van der Waals surface area contributed by atoms with E-state index < -0.39 is 5.97 Å². The molecule has 0 fully saturated rings. The Balaban J connectivity index is 2.10. The van der Waals surface area contributed by atoms with Gasteiger partial charge in [-0.2, -0.15) is 0 Å².